The topological polar surface area (TPSA) is 55.4 Å². The highest BCUT2D eigenvalue weighted by molar-refractivity contribution is 8.00. The van der Waals surface area contributed by atoms with Gasteiger partial charge in [0.25, 0.3) is 5.91 Å². The molecule has 0 unspecified atom stereocenters. The van der Waals surface area contributed by atoms with Crippen molar-refractivity contribution in [3.05, 3.63) is 53.1 Å². The summed E-state index contributed by atoms with van der Waals surface area (Å²) >= 11 is 1.53. The third-order valence-electron chi connectivity index (χ3n) is 3.64. The van der Waals surface area contributed by atoms with Crippen LogP contribution in [-0.4, -0.2) is 24.1 Å². The van der Waals surface area contributed by atoms with E-state index in [0.717, 1.165) is 4.90 Å². The zero-order chi connectivity index (χ0) is 16.4. The predicted molar refractivity (Wildman–Crippen MR) is 91.5 cm³/mol. The summed E-state index contributed by atoms with van der Waals surface area (Å²) in [6.07, 6.45) is 0. The highest BCUT2D eigenvalue weighted by Crippen LogP contribution is 2.30. The van der Waals surface area contributed by atoms with Gasteiger partial charge in [0.2, 0.25) is 0 Å². The third-order valence-corrected chi connectivity index (χ3v) is 4.79. The average molecular weight is 327 g/mol. The zero-order valence-corrected chi connectivity index (χ0v) is 13.8. The fraction of sp³-hybridized carbons (Fsp3) is 0.222. The zero-order valence-electron chi connectivity index (χ0n) is 13.0. The number of ether oxygens (including phenoxy) is 1. The second-order valence-corrected chi connectivity index (χ2v) is 6.55. The molecule has 5 heteroatoms. The van der Waals surface area contributed by atoms with Crippen LogP contribution in [-0.2, 0) is 4.79 Å². The normalized spacial score (nSPS) is 13.0. The van der Waals surface area contributed by atoms with E-state index in [1.807, 2.05) is 13.8 Å². The fourth-order valence-electron chi connectivity index (χ4n) is 2.35. The van der Waals surface area contributed by atoms with Crippen molar-refractivity contribution >= 4 is 29.1 Å². The summed E-state index contributed by atoms with van der Waals surface area (Å²) in [6.45, 7) is 4.10. The van der Waals surface area contributed by atoms with Crippen LogP contribution in [0.5, 0.6) is 5.75 Å². The quantitative estimate of drug-likeness (QED) is 0.688. The number of anilines is 1. The maximum atomic E-state index is 12.4. The summed E-state index contributed by atoms with van der Waals surface area (Å²) in [6, 6.07) is 11.4. The number of Topliss-reactive ketones (excluding diaryl/α,β-unsaturated/α-hetero) is 1. The van der Waals surface area contributed by atoms with Gasteiger partial charge in [-0.1, -0.05) is 17.7 Å². The largest absolute Gasteiger partial charge is 0.482 e. The van der Waals surface area contributed by atoms with Crippen molar-refractivity contribution in [1.82, 2.24) is 0 Å². The summed E-state index contributed by atoms with van der Waals surface area (Å²) in [4.78, 5) is 24.9. The number of carbonyl (C=O) groups is 2. The van der Waals surface area contributed by atoms with E-state index in [1.165, 1.54) is 22.9 Å². The molecule has 118 valence electrons. The molecule has 1 N–H and O–H groups in total. The first kappa shape index (κ1) is 15.6. The maximum absolute atomic E-state index is 12.4. The van der Waals surface area contributed by atoms with Gasteiger partial charge in [-0.25, -0.2) is 0 Å². The molecule has 23 heavy (non-hydrogen) atoms. The predicted octanol–water partition coefficient (Wildman–Crippen LogP) is 3.61. The second-order valence-electron chi connectivity index (χ2n) is 5.53. The molecule has 4 nitrogen and oxygen atoms in total. The Bertz CT molecular complexity index is 786. The summed E-state index contributed by atoms with van der Waals surface area (Å²) in [7, 11) is 0. The van der Waals surface area contributed by atoms with E-state index < -0.39 is 0 Å². The van der Waals surface area contributed by atoms with Crippen LogP contribution in [0.1, 0.15) is 21.5 Å². The number of carbonyl (C=O) groups excluding carboxylic acids is 2. The summed E-state index contributed by atoms with van der Waals surface area (Å²) in [5.74, 6) is 0.784. The van der Waals surface area contributed by atoms with Crippen LogP contribution in [0.15, 0.2) is 41.3 Å². The molecule has 1 heterocycles. The lowest BCUT2D eigenvalue weighted by Gasteiger charge is -2.18. The molecule has 0 aromatic heterocycles. The molecule has 2 aromatic carbocycles. The number of rotatable bonds is 4. The van der Waals surface area contributed by atoms with E-state index in [0.29, 0.717) is 22.8 Å². The van der Waals surface area contributed by atoms with Crippen molar-refractivity contribution in [2.45, 2.75) is 18.7 Å². The Labute approximate surface area is 139 Å². The molecule has 0 aliphatic carbocycles. The number of amides is 1. The van der Waals surface area contributed by atoms with E-state index in [2.05, 4.69) is 23.5 Å². The summed E-state index contributed by atoms with van der Waals surface area (Å²) in [5, 5.41) is 2.72. The smallest absolute Gasteiger partial charge is 0.262 e. The van der Waals surface area contributed by atoms with Crippen molar-refractivity contribution in [2.75, 3.05) is 17.7 Å². The van der Waals surface area contributed by atoms with Gasteiger partial charge in [0.1, 0.15) is 5.75 Å². The number of hydrogen-bond donors (Lipinski definition) is 1. The van der Waals surface area contributed by atoms with E-state index >= 15 is 0 Å². The maximum Gasteiger partial charge on any atom is 0.262 e. The van der Waals surface area contributed by atoms with E-state index in [-0.39, 0.29) is 18.3 Å². The van der Waals surface area contributed by atoms with Crippen LogP contribution in [0.4, 0.5) is 5.69 Å². The lowest BCUT2D eigenvalue weighted by atomic mass is 10.1. The molecule has 0 bridgehead atoms. The van der Waals surface area contributed by atoms with E-state index in [9.17, 15) is 9.59 Å². The van der Waals surface area contributed by atoms with Gasteiger partial charge in [0.15, 0.2) is 12.4 Å². The van der Waals surface area contributed by atoms with Gasteiger partial charge in [-0.05, 0) is 43.7 Å². The number of benzene rings is 2. The molecule has 0 saturated heterocycles. The Balaban J connectivity index is 1.72. The van der Waals surface area contributed by atoms with Crippen LogP contribution in [0.3, 0.4) is 0 Å². The lowest BCUT2D eigenvalue weighted by molar-refractivity contribution is -0.118. The monoisotopic (exact) mass is 327 g/mol. The first-order valence-electron chi connectivity index (χ1n) is 7.33. The minimum absolute atomic E-state index is 0.0166. The standard InChI is InChI=1S/C18H17NO3S/c1-11-3-4-12(2)17(7-11)23-10-15(20)13-5-6-16-14(8-13)19-18(21)9-22-16/h3-8H,9-10H2,1-2H3,(H,19,21). The van der Waals surface area contributed by atoms with Crippen LogP contribution >= 0.6 is 11.8 Å². The minimum Gasteiger partial charge on any atom is -0.482 e. The molecule has 2 aromatic rings. The Kier molecular flexibility index (Phi) is 4.39. The highest BCUT2D eigenvalue weighted by atomic mass is 32.2. The van der Waals surface area contributed by atoms with E-state index in [4.69, 9.17) is 4.74 Å². The minimum atomic E-state index is -0.202. The first-order valence-corrected chi connectivity index (χ1v) is 8.31. The number of aryl methyl sites for hydroxylation is 2. The molecule has 0 atom stereocenters. The number of hydrogen-bond acceptors (Lipinski definition) is 4. The molecule has 0 saturated carbocycles. The Morgan fingerprint density at radius 2 is 2.04 bits per heavy atom. The van der Waals surface area contributed by atoms with Crippen LogP contribution in [0.2, 0.25) is 0 Å². The third kappa shape index (κ3) is 3.56. The molecule has 3 rings (SSSR count). The molecular formula is C18H17NO3S. The van der Waals surface area contributed by atoms with Crippen LogP contribution < -0.4 is 10.1 Å². The Morgan fingerprint density at radius 3 is 2.87 bits per heavy atom. The van der Waals surface area contributed by atoms with Gasteiger partial charge in [0.05, 0.1) is 11.4 Å². The number of nitrogens with one attached hydrogen (secondary N) is 1. The fourth-order valence-corrected chi connectivity index (χ4v) is 3.36. The average Bonchev–Trinajstić information content (AvgIpc) is 2.54. The molecule has 0 fully saturated rings. The molecule has 1 aliphatic rings. The first-order chi connectivity index (χ1) is 11.0. The highest BCUT2D eigenvalue weighted by Gasteiger charge is 2.18. The van der Waals surface area contributed by atoms with Gasteiger partial charge in [-0.2, -0.15) is 0 Å². The molecular weight excluding hydrogens is 310 g/mol. The van der Waals surface area contributed by atoms with Crippen molar-refractivity contribution < 1.29 is 14.3 Å². The summed E-state index contributed by atoms with van der Waals surface area (Å²) in [5.41, 5.74) is 3.48. The molecule has 1 aliphatic heterocycles. The second kappa shape index (κ2) is 6.46. The van der Waals surface area contributed by atoms with Crippen molar-refractivity contribution in [3.8, 4) is 5.75 Å². The van der Waals surface area contributed by atoms with Gasteiger partial charge in [0, 0.05) is 10.5 Å². The van der Waals surface area contributed by atoms with E-state index in [1.54, 1.807) is 18.2 Å². The van der Waals surface area contributed by atoms with Crippen molar-refractivity contribution in [3.63, 3.8) is 0 Å². The van der Waals surface area contributed by atoms with Gasteiger partial charge >= 0.3 is 0 Å². The Morgan fingerprint density at radius 1 is 1.22 bits per heavy atom. The number of ketones is 1. The van der Waals surface area contributed by atoms with Crippen molar-refractivity contribution in [2.24, 2.45) is 0 Å². The Hall–Kier alpha value is -2.27. The van der Waals surface area contributed by atoms with Gasteiger partial charge < -0.3 is 10.1 Å². The van der Waals surface area contributed by atoms with Gasteiger partial charge in [-0.3, -0.25) is 9.59 Å². The molecule has 1 amide bonds. The van der Waals surface area contributed by atoms with Crippen LogP contribution in [0, 0.1) is 13.8 Å². The van der Waals surface area contributed by atoms with Gasteiger partial charge in [-0.15, -0.1) is 11.8 Å². The SMILES string of the molecule is Cc1ccc(C)c(SCC(=O)c2ccc3c(c2)NC(=O)CO3)c1. The summed E-state index contributed by atoms with van der Waals surface area (Å²) < 4.78 is 5.30. The molecule has 0 spiro atoms. The number of fused-ring (bicyclic) bond motifs is 1. The lowest BCUT2D eigenvalue weighted by Crippen LogP contribution is -2.25. The van der Waals surface area contributed by atoms with Crippen molar-refractivity contribution in [1.29, 1.82) is 0 Å². The molecule has 0 radical (unpaired) electrons. The van der Waals surface area contributed by atoms with Crippen LogP contribution in [0.25, 0.3) is 0 Å². The number of thioether (sulfide) groups is 1.